The Morgan fingerprint density at radius 2 is 1.48 bits per heavy atom. The van der Waals surface area contributed by atoms with E-state index in [1.165, 1.54) is 15.7 Å². The summed E-state index contributed by atoms with van der Waals surface area (Å²) in [7, 11) is 1.83. The molecule has 0 N–H and O–H groups in total. The number of benzene rings is 2. The first-order valence-corrected chi connectivity index (χ1v) is 18.4. The zero-order valence-corrected chi connectivity index (χ0v) is 32.3. The fraction of sp³-hybridized carbons (Fsp3) is 0.222. The van der Waals surface area contributed by atoms with Crippen LogP contribution in [0.3, 0.4) is 0 Å². The second-order valence-corrected chi connectivity index (χ2v) is 13.9. The first-order valence-electron chi connectivity index (χ1n) is 17.4. The van der Waals surface area contributed by atoms with Gasteiger partial charge in [0, 0.05) is 52.6 Å². The van der Waals surface area contributed by atoms with Crippen molar-refractivity contribution in [2.24, 2.45) is 7.05 Å². The van der Waals surface area contributed by atoms with Crippen LogP contribution in [0.1, 0.15) is 49.1 Å². The first-order chi connectivity index (χ1) is 27.3. The maximum atomic E-state index is 14.1. The number of aryl methyl sites for hydroxylation is 1. The molecular weight excluding hydrogens is 834 g/mol. The van der Waals surface area contributed by atoms with Crippen LogP contribution in [0.2, 0.25) is 0 Å². The van der Waals surface area contributed by atoms with E-state index in [2.05, 4.69) is 83.8 Å². The van der Waals surface area contributed by atoms with Crippen molar-refractivity contribution in [1.29, 1.82) is 0 Å². The Labute approximate surface area is 331 Å². The summed E-state index contributed by atoms with van der Waals surface area (Å²) < 4.78 is 30.7. The average molecular weight is 867 g/mol. The number of nitrogens with zero attached hydrogens (tertiary/aromatic N) is 16. The van der Waals surface area contributed by atoms with E-state index >= 15 is 0 Å². The molecule has 1 aliphatic rings. The van der Waals surface area contributed by atoms with Gasteiger partial charge in [0.2, 0.25) is 11.6 Å². The van der Waals surface area contributed by atoms with Crippen molar-refractivity contribution in [3.05, 3.63) is 118 Å². The van der Waals surface area contributed by atoms with E-state index in [1.54, 1.807) is 48.4 Å². The van der Waals surface area contributed by atoms with Crippen molar-refractivity contribution < 1.29 is 13.9 Å². The van der Waals surface area contributed by atoms with Crippen LogP contribution in [0, 0.1) is 16.3 Å². The molecule has 0 saturated heterocycles. The smallest absolute Gasteiger partial charge is 0.318 e. The van der Waals surface area contributed by atoms with Gasteiger partial charge in [0.1, 0.15) is 5.69 Å². The molecule has 1 unspecified atom stereocenters. The Kier molecular flexibility index (Phi) is 10.4. The highest BCUT2D eigenvalue weighted by atomic mass is 127. The lowest BCUT2D eigenvalue weighted by molar-refractivity contribution is 0.188. The minimum absolute atomic E-state index is 0.145. The Bertz CT molecular complexity index is 2570. The summed E-state index contributed by atoms with van der Waals surface area (Å²) in [4.78, 5) is 10.7. The molecule has 1 atom stereocenters. The van der Waals surface area contributed by atoms with Crippen molar-refractivity contribution in [3.63, 3.8) is 0 Å². The van der Waals surface area contributed by atoms with Gasteiger partial charge in [0.15, 0.2) is 30.2 Å². The van der Waals surface area contributed by atoms with Gasteiger partial charge in [0.05, 0.1) is 5.69 Å². The van der Waals surface area contributed by atoms with E-state index in [1.807, 2.05) is 67.1 Å². The van der Waals surface area contributed by atoms with Gasteiger partial charge in [-0.2, -0.15) is 0 Å². The summed E-state index contributed by atoms with van der Waals surface area (Å²) in [5, 5.41) is 41.5. The Hall–Kier alpha value is -6.58. The van der Waals surface area contributed by atoms with Crippen molar-refractivity contribution in [2.75, 3.05) is 0 Å². The lowest BCUT2D eigenvalue weighted by atomic mass is 10.2. The maximum absolute atomic E-state index is 14.1. The van der Waals surface area contributed by atoms with Gasteiger partial charge in [-0.05, 0) is 120 Å². The van der Waals surface area contributed by atoms with Crippen LogP contribution in [0.5, 0.6) is 12.0 Å². The van der Waals surface area contributed by atoms with Crippen LogP contribution < -0.4 is 9.47 Å². The first kappa shape index (κ1) is 36.4. The molecule has 282 valence electrons. The van der Waals surface area contributed by atoms with Gasteiger partial charge in [-0.15, -0.1) is 40.2 Å². The third-order valence-corrected chi connectivity index (χ3v) is 9.18. The number of rotatable bonds is 11. The topological polar surface area (TPSA) is 193 Å². The van der Waals surface area contributed by atoms with Gasteiger partial charge < -0.3 is 9.47 Å². The van der Waals surface area contributed by atoms with Crippen LogP contribution in [0.15, 0.2) is 91.5 Å². The fourth-order valence-corrected chi connectivity index (χ4v) is 6.05. The number of tetrazole rings is 2. The molecule has 0 bridgehead atoms. The van der Waals surface area contributed by atoms with Gasteiger partial charge in [-0.1, -0.05) is 22.3 Å². The predicted molar refractivity (Wildman–Crippen MR) is 205 cm³/mol. The molecule has 56 heavy (non-hydrogen) atoms. The molecule has 6 heterocycles. The van der Waals surface area contributed by atoms with E-state index < -0.39 is 11.9 Å². The van der Waals surface area contributed by atoms with Crippen molar-refractivity contribution in [1.82, 2.24) is 79.9 Å². The van der Waals surface area contributed by atoms with Crippen LogP contribution in [0.25, 0.3) is 34.2 Å². The van der Waals surface area contributed by atoms with Crippen LogP contribution in [-0.4, -0.2) is 79.9 Å². The Morgan fingerprint density at radius 1 is 0.786 bits per heavy atom. The van der Waals surface area contributed by atoms with Gasteiger partial charge in [-0.25, -0.2) is 4.39 Å². The molecule has 1 saturated carbocycles. The zero-order valence-electron chi connectivity index (χ0n) is 30.2. The molecule has 0 amide bonds. The molecule has 0 radical (unpaired) electrons. The minimum atomic E-state index is -0.543. The van der Waals surface area contributed by atoms with Crippen LogP contribution in [-0.2, 0) is 13.7 Å². The molecule has 0 aliphatic heterocycles. The second kappa shape index (κ2) is 16.0. The number of hydrogen-bond donors (Lipinski definition) is 0. The second-order valence-electron chi connectivity index (χ2n) is 12.7. The highest BCUT2D eigenvalue weighted by Crippen LogP contribution is 2.41. The average Bonchev–Trinajstić information content (AvgIpc) is 3.57. The summed E-state index contributed by atoms with van der Waals surface area (Å²) in [6, 6.07) is 21.1. The monoisotopic (exact) mass is 866 g/mol. The summed E-state index contributed by atoms with van der Waals surface area (Å²) in [5.74, 6) is 1.79. The van der Waals surface area contributed by atoms with Crippen molar-refractivity contribution >= 4 is 22.6 Å². The van der Waals surface area contributed by atoms with E-state index in [-0.39, 0.29) is 12.3 Å². The SMILES string of the molecule is Cc1ccc(F)c(-n2nnc(C(C)Oc3nnc(-c4ccncc4)n3C3CC3)n2)c1.Cn1c(OCc2nnn(-c3cccc(I)c3)n2)nnc1-c1ccncc1. The third-order valence-electron chi connectivity index (χ3n) is 8.51. The summed E-state index contributed by atoms with van der Waals surface area (Å²) in [5.41, 5.74) is 3.81. The summed E-state index contributed by atoms with van der Waals surface area (Å²) in [6.45, 7) is 3.82. The number of ether oxygens (including phenoxy) is 2. The van der Waals surface area contributed by atoms with Crippen LogP contribution in [0.4, 0.5) is 4.39 Å². The normalized spacial score (nSPS) is 12.9. The van der Waals surface area contributed by atoms with E-state index in [4.69, 9.17) is 9.47 Å². The standard InChI is InChI=1S/C20H19FN8O.C16H13IN8O/c1-12-3-6-16(21)17(11-12)29-26-18(23-27-29)13(2)30-20-25-24-19(28(20)15-4-5-15)14-7-9-22-10-8-14;1-24-15(11-5-7-18-8-6-11)20-21-16(24)26-10-14-19-23-25(22-14)13-4-2-3-12(17)9-13/h3,6-11,13,15H,4-5H2,1-2H3;2-9H,10H2,1H3. The van der Waals surface area contributed by atoms with E-state index in [9.17, 15) is 4.39 Å². The van der Waals surface area contributed by atoms with Crippen LogP contribution >= 0.6 is 22.6 Å². The molecule has 0 spiro atoms. The van der Waals surface area contributed by atoms with Crippen molar-refractivity contribution in [2.45, 2.75) is 45.4 Å². The number of pyridine rings is 2. The summed E-state index contributed by atoms with van der Waals surface area (Å²) >= 11 is 2.24. The maximum Gasteiger partial charge on any atom is 0.318 e. The van der Waals surface area contributed by atoms with Gasteiger partial charge >= 0.3 is 12.0 Å². The van der Waals surface area contributed by atoms with E-state index in [0.29, 0.717) is 35.5 Å². The van der Waals surface area contributed by atoms with E-state index in [0.717, 1.165) is 44.6 Å². The lowest BCUT2D eigenvalue weighted by Crippen LogP contribution is -2.11. The van der Waals surface area contributed by atoms with Gasteiger partial charge in [-0.3, -0.25) is 19.1 Å². The highest BCUT2D eigenvalue weighted by Gasteiger charge is 2.32. The fourth-order valence-electron chi connectivity index (χ4n) is 5.53. The minimum Gasteiger partial charge on any atom is -0.455 e. The highest BCUT2D eigenvalue weighted by molar-refractivity contribution is 14.1. The predicted octanol–water partition coefficient (Wildman–Crippen LogP) is 5.27. The molecule has 18 nitrogen and oxygen atoms in total. The molecule has 1 aliphatic carbocycles. The number of halogens is 2. The Morgan fingerprint density at radius 3 is 2.21 bits per heavy atom. The summed E-state index contributed by atoms with van der Waals surface area (Å²) in [6.07, 6.45) is 8.39. The molecule has 9 rings (SSSR count). The number of aromatic nitrogens is 16. The molecule has 8 aromatic rings. The quantitative estimate of drug-likeness (QED) is 0.153. The number of hydrogen-bond acceptors (Lipinski definition) is 14. The molecule has 6 aromatic heterocycles. The largest absolute Gasteiger partial charge is 0.455 e. The lowest BCUT2D eigenvalue weighted by Gasteiger charge is -2.12. The molecule has 20 heteroatoms. The Balaban J connectivity index is 0.000000159. The third kappa shape index (κ3) is 8.09. The van der Waals surface area contributed by atoms with Gasteiger partial charge in [0.25, 0.3) is 0 Å². The van der Waals surface area contributed by atoms with Crippen molar-refractivity contribution in [3.8, 4) is 46.2 Å². The molecule has 1 fully saturated rings. The zero-order chi connectivity index (χ0) is 38.6. The molecule has 2 aromatic carbocycles. The molecular formula is C36H32FIN16O2.